The lowest BCUT2D eigenvalue weighted by molar-refractivity contribution is 0.0973. The van der Waals surface area contributed by atoms with E-state index in [9.17, 15) is 8.42 Å². The van der Waals surface area contributed by atoms with E-state index in [1.165, 1.54) is 32.2 Å². The van der Waals surface area contributed by atoms with E-state index >= 15 is 0 Å². The standard InChI is InChI=1S/C13H19N3O2S/c1-19(17,18)12-3-2-6-14-13(12)15-11-9-16-7-4-10(11)5-8-16/h2-3,6,10-11H,4-5,7-9H2,1H3,(H,14,15). The van der Waals surface area contributed by atoms with Crippen molar-refractivity contribution in [1.82, 2.24) is 9.88 Å². The van der Waals surface area contributed by atoms with Crippen molar-refractivity contribution in [2.45, 2.75) is 23.8 Å². The van der Waals surface area contributed by atoms with Gasteiger partial charge in [0.15, 0.2) is 9.84 Å². The molecule has 3 fully saturated rings. The second-order valence-corrected chi connectivity index (χ2v) is 7.50. The van der Waals surface area contributed by atoms with Gasteiger partial charge >= 0.3 is 0 Å². The van der Waals surface area contributed by atoms with Crippen LogP contribution in [0.25, 0.3) is 0 Å². The van der Waals surface area contributed by atoms with Gasteiger partial charge < -0.3 is 10.2 Å². The van der Waals surface area contributed by atoms with Crippen molar-refractivity contribution < 1.29 is 8.42 Å². The Balaban J connectivity index is 1.84. The minimum absolute atomic E-state index is 0.298. The highest BCUT2D eigenvalue weighted by Crippen LogP contribution is 2.30. The molecule has 0 saturated carbocycles. The van der Waals surface area contributed by atoms with Gasteiger partial charge in [0.25, 0.3) is 0 Å². The summed E-state index contributed by atoms with van der Waals surface area (Å²) in [5, 5.41) is 3.36. The normalized spacial score (nSPS) is 30.3. The van der Waals surface area contributed by atoms with Gasteiger partial charge in [-0.2, -0.15) is 0 Å². The molecule has 1 aromatic heterocycles. The Kier molecular flexibility index (Phi) is 3.22. The van der Waals surface area contributed by atoms with E-state index in [1.54, 1.807) is 18.3 Å². The number of aromatic nitrogens is 1. The van der Waals surface area contributed by atoms with Crippen LogP contribution in [-0.4, -0.2) is 50.2 Å². The van der Waals surface area contributed by atoms with Gasteiger partial charge in [-0.15, -0.1) is 0 Å². The molecule has 3 aliphatic rings. The first-order chi connectivity index (χ1) is 9.04. The maximum Gasteiger partial charge on any atom is 0.179 e. The lowest BCUT2D eigenvalue weighted by Crippen LogP contribution is -2.53. The van der Waals surface area contributed by atoms with E-state index in [0.717, 1.165) is 6.54 Å². The fraction of sp³-hybridized carbons (Fsp3) is 0.615. The molecule has 19 heavy (non-hydrogen) atoms. The molecular weight excluding hydrogens is 262 g/mol. The summed E-state index contributed by atoms with van der Waals surface area (Å²) in [6.07, 6.45) is 5.25. The third-order valence-electron chi connectivity index (χ3n) is 4.15. The predicted molar refractivity (Wildman–Crippen MR) is 73.9 cm³/mol. The minimum Gasteiger partial charge on any atom is -0.365 e. The highest BCUT2D eigenvalue weighted by molar-refractivity contribution is 7.90. The van der Waals surface area contributed by atoms with Gasteiger partial charge in [-0.05, 0) is 44.0 Å². The molecule has 6 heteroatoms. The largest absolute Gasteiger partial charge is 0.365 e. The van der Waals surface area contributed by atoms with Crippen LogP contribution in [0.2, 0.25) is 0 Å². The van der Waals surface area contributed by atoms with E-state index in [4.69, 9.17) is 0 Å². The number of rotatable bonds is 3. The van der Waals surface area contributed by atoms with E-state index in [1.807, 2.05) is 0 Å². The zero-order valence-corrected chi connectivity index (χ0v) is 11.9. The molecule has 1 N–H and O–H groups in total. The van der Waals surface area contributed by atoms with Crippen molar-refractivity contribution in [1.29, 1.82) is 0 Å². The average molecular weight is 281 g/mol. The zero-order valence-electron chi connectivity index (χ0n) is 11.0. The first-order valence-corrected chi connectivity index (χ1v) is 8.57. The maximum atomic E-state index is 11.8. The number of piperidine rings is 3. The van der Waals surface area contributed by atoms with Crippen molar-refractivity contribution in [2.24, 2.45) is 5.92 Å². The van der Waals surface area contributed by atoms with Gasteiger partial charge in [0, 0.05) is 25.0 Å². The lowest BCUT2D eigenvalue weighted by atomic mass is 9.84. The summed E-state index contributed by atoms with van der Waals surface area (Å²) in [6.45, 7) is 3.33. The third kappa shape index (κ3) is 2.60. The van der Waals surface area contributed by atoms with Crippen molar-refractivity contribution in [3.05, 3.63) is 18.3 Å². The number of hydrogen-bond acceptors (Lipinski definition) is 5. The van der Waals surface area contributed by atoms with Crippen LogP contribution in [0.5, 0.6) is 0 Å². The SMILES string of the molecule is CS(=O)(=O)c1cccnc1NC1CN2CCC1CC2. The van der Waals surface area contributed by atoms with Gasteiger partial charge in [-0.1, -0.05) is 0 Å². The molecule has 0 radical (unpaired) electrons. The van der Waals surface area contributed by atoms with Crippen molar-refractivity contribution in [3.8, 4) is 0 Å². The number of anilines is 1. The summed E-state index contributed by atoms with van der Waals surface area (Å²) in [5.41, 5.74) is 0. The summed E-state index contributed by atoms with van der Waals surface area (Å²) in [4.78, 5) is 6.94. The number of nitrogens with one attached hydrogen (secondary N) is 1. The molecular formula is C13H19N3O2S. The van der Waals surface area contributed by atoms with Crippen LogP contribution in [-0.2, 0) is 9.84 Å². The first-order valence-electron chi connectivity index (χ1n) is 6.68. The number of sulfone groups is 1. The van der Waals surface area contributed by atoms with E-state index < -0.39 is 9.84 Å². The molecule has 1 unspecified atom stereocenters. The molecule has 3 saturated heterocycles. The number of pyridine rings is 1. The Morgan fingerprint density at radius 2 is 2.11 bits per heavy atom. The van der Waals surface area contributed by atoms with Crippen LogP contribution in [0, 0.1) is 5.92 Å². The summed E-state index contributed by atoms with van der Waals surface area (Å²) in [5.74, 6) is 1.14. The number of fused-ring (bicyclic) bond motifs is 3. The Morgan fingerprint density at radius 3 is 2.68 bits per heavy atom. The number of hydrogen-bond donors (Lipinski definition) is 1. The Bertz CT molecular complexity index is 565. The van der Waals surface area contributed by atoms with Gasteiger partial charge in [0.05, 0.1) is 0 Å². The molecule has 4 rings (SSSR count). The van der Waals surface area contributed by atoms with Crippen LogP contribution in [0.1, 0.15) is 12.8 Å². The molecule has 0 aromatic carbocycles. The molecule has 104 valence electrons. The molecule has 4 heterocycles. The topological polar surface area (TPSA) is 62.3 Å². The minimum atomic E-state index is -3.24. The van der Waals surface area contributed by atoms with Crippen LogP contribution in [0.4, 0.5) is 5.82 Å². The van der Waals surface area contributed by atoms with E-state index in [0.29, 0.717) is 22.7 Å². The molecule has 0 aliphatic carbocycles. The van der Waals surface area contributed by atoms with Crippen LogP contribution in [0.3, 0.4) is 0 Å². The van der Waals surface area contributed by atoms with Gasteiger partial charge in [0.1, 0.15) is 10.7 Å². The van der Waals surface area contributed by atoms with E-state index in [2.05, 4.69) is 15.2 Å². The van der Waals surface area contributed by atoms with Crippen molar-refractivity contribution in [2.75, 3.05) is 31.2 Å². The fourth-order valence-corrected chi connectivity index (χ4v) is 3.89. The molecule has 2 bridgehead atoms. The molecule has 0 amide bonds. The smallest absolute Gasteiger partial charge is 0.179 e. The summed E-state index contributed by atoms with van der Waals surface area (Å²) < 4.78 is 23.5. The third-order valence-corrected chi connectivity index (χ3v) is 5.28. The zero-order chi connectivity index (χ0) is 13.5. The predicted octanol–water partition coefficient (Wildman–Crippen LogP) is 0.991. The average Bonchev–Trinajstić information content (AvgIpc) is 2.39. The molecule has 0 spiro atoms. The molecule has 1 atom stereocenters. The second-order valence-electron chi connectivity index (χ2n) is 5.51. The van der Waals surface area contributed by atoms with Gasteiger partial charge in [0.2, 0.25) is 0 Å². The molecule has 3 aliphatic heterocycles. The summed E-state index contributed by atoms with van der Waals surface area (Å²) in [7, 11) is -3.24. The number of nitrogens with zero attached hydrogens (tertiary/aromatic N) is 2. The quantitative estimate of drug-likeness (QED) is 0.895. The van der Waals surface area contributed by atoms with Crippen LogP contribution < -0.4 is 5.32 Å². The van der Waals surface area contributed by atoms with Crippen molar-refractivity contribution in [3.63, 3.8) is 0 Å². The highest BCUT2D eigenvalue weighted by Gasteiger charge is 2.34. The highest BCUT2D eigenvalue weighted by atomic mass is 32.2. The van der Waals surface area contributed by atoms with Crippen LogP contribution >= 0.6 is 0 Å². The molecule has 1 aromatic rings. The van der Waals surface area contributed by atoms with Crippen LogP contribution in [0.15, 0.2) is 23.2 Å². The maximum absolute atomic E-state index is 11.8. The summed E-state index contributed by atoms with van der Waals surface area (Å²) in [6, 6.07) is 3.60. The van der Waals surface area contributed by atoms with Gasteiger partial charge in [-0.3, -0.25) is 0 Å². The fourth-order valence-electron chi connectivity index (χ4n) is 3.10. The first kappa shape index (κ1) is 12.9. The van der Waals surface area contributed by atoms with Gasteiger partial charge in [-0.25, -0.2) is 13.4 Å². The molecule has 5 nitrogen and oxygen atoms in total. The van der Waals surface area contributed by atoms with E-state index in [-0.39, 0.29) is 0 Å². The Labute approximate surface area is 113 Å². The van der Waals surface area contributed by atoms with Crippen molar-refractivity contribution >= 4 is 15.7 Å². The monoisotopic (exact) mass is 281 g/mol. The Morgan fingerprint density at radius 1 is 1.37 bits per heavy atom. The second kappa shape index (κ2) is 4.76. The summed E-state index contributed by atoms with van der Waals surface area (Å²) >= 11 is 0. The Hall–Kier alpha value is -1.14. The lowest BCUT2D eigenvalue weighted by Gasteiger charge is -2.45.